The molecule has 4 rings (SSSR count). The van der Waals surface area contributed by atoms with Gasteiger partial charge in [0.2, 0.25) is 0 Å². The van der Waals surface area contributed by atoms with E-state index in [0.717, 1.165) is 22.3 Å². The molecule has 6 nitrogen and oxygen atoms in total. The number of hydrogen-bond donors (Lipinski definition) is 2. The van der Waals surface area contributed by atoms with Gasteiger partial charge >= 0.3 is 0 Å². The van der Waals surface area contributed by atoms with Gasteiger partial charge in [0.15, 0.2) is 0 Å². The first-order valence-electron chi connectivity index (χ1n) is 10.4. The van der Waals surface area contributed by atoms with E-state index in [9.17, 15) is 9.18 Å². The Morgan fingerprint density at radius 1 is 1.23 bits per heavy atom. The first kappa shape index (κ1) is 21.1. The molecule has 1 saturated heterocycles. The highest BCUT2D eigenvalue weighted by Gasteiger charge is 2.29. The lowest BCUT2D eigenvalue weighted by molar-refractivity contribution is 0.0303. The van der Waals surface area contributed by atoms with Crippen molar-refractivity contribution in [1.82, 2.24) is 9.47 Å². The van der Waals surface area contributed by atoms with Crippen LogP contribution in [0.25, 0.3) is 16.6 Å². The molecule has 7 heteroatoms. The van der Waals surface area contributed by atoms with Crippen molar-refractivity contribution in [2.45, 2.75) is 26.7 Å². The Morgan fingerprint density at radius 2 is 1.94 bits per heavy atom. The summed E-state index contributed by atoms with van der Waals surface area (Å²) in [7, 11) is 0. The molecule has 162 valence electrons. The largest absolute Gasteiger partial charge is 0.398 e. The standard InChI is InChI=1S/C24H27FN4O2/c1-14(2)23-22(24(30)28-6-8-31-9-7-28)18-12-20(27)16(13-26)11-21(18)29(23)17-4-5-19(25)15(3)10-17/h4-5,10-14,26H,6-9,27H2,1-3H3. The summed E-state index contributed by atoms with van der Waals surface area (Å²) < 4.78 is 21.4. The van der Waals surface area contributed by atoms with E-state index in [1.165, 1.54) is 12.3 Å². The lowest BCUT2D eigenvalue weighted by atomic mass is 10.0. The van der Waals surface area contributed by atoms with Crippen molar-refractivity contribution in [2.24, 2.45) is 0 Å². The molecule has 0 atom stereocenters. The molecule has 1 aliphatic rings. The Balaban J connectivity index is 2.07. The van der Waals surface area contributed by atoms with Crippen LogP contribution in [0.4, 0.5) is 10.1 Å². The topological polar surface area (TPSA) is 84.3 Å². The number of aromatic nitrogens is 1. The number of amides is 1. The van der Waals surface area contributed by atoms with Crippen LogP contribution in [-0.2, 0) is 4.74 Å². The van der Waals surface area contributed by atoms with Crippen molar-refractivity contribution in [3.05, 3.63) is 58.5 Å². The predicted octanol–water partition coefficient (Wildman–Crippen LogP) is 4.25. The summed E-state index contributed by atoms with van der Waals surface area (Å²) in [5.41, 5.74) is 10.8. The van der Waals surface area contributed by atoms with Crippen LogP contribution in [0.3, 0.4) is 0 Å². The molecule has 1 aliphatic heterocycles. The number of ether oxygens (including phenoxy) is 1. The third-order valence-corrected chi connectivity index (χ3v) is 5.82. The van der Waals surface area contributed by atoms with E-state index < -0.39 is 0 Å². The molecule has 2 aromatic carbocycles. The molecule has 2 heterocycles. The second kappa shape index (κ2) is 8.15. The van der Waals surface area contributed by atoms with Crippen molar-refractivity contribution in [1.29, 1.82) is 5.41 Å². The number of carbonyl (C=O) groups is 1. The van der Waals surface area contributed by atoms with Gasteiger partial charge in [-0.15, -0.1) is 0 Å². The van der Waals surface area contributed by atoms with Gasteiger partial charge in [0.05, 0.1) is 24.3 Å². The summed E-state index contributed by atoms with van der Waals surface area (Å²) in [5, 5.41) is 8.48. The fraction of sp³-hybridized carbons (Fsp3) is 0.333. The van der Waals surface area contributed by atoms with Crippen LogP contribution in [0.15, 0.2) is 30.3 Å². The number of hydrogen-bond acceptors (Lipinski definition) is 4. The number of fused-ring (bicyclic) bond motifs is 1. The predicted molar refractivity (Wildman–Crippen MR) is 121 cm³/mol. The SMILES string of the molecule is Cc1cc(-n2c(C(C)C)c(C(=O)N3CCOCC3)c3cc(N)c(C=N)cc32)ccc1F. The molecule has 0 saturated carbocycles. The summed E-state index contributed by atoms with van der Waals surface area (Å²) in [6.45, 7) is 7.90. The molecule has 1 aromatic heterocycles. The summed E-state index contributed by atoms with van der Waals surface area (Å²) in [6, 6.07) is 8.56. The molecule has 0 spiro atoms. The fourth-order valence-electron chi connectivity index (χ4n) is 4.25. The Morgan fingerprint density at radius 3 is 2.55 bits per heavy atom. The van der Waals surface area contributed by atoms with E-state index >= 15 is 0 Å². The van der Waals surface area contributed by atoms with Crippen molar-refractivity contribution < 1.29 is 13.9 Å². The Labute approximate surface area is 180 Å². The van der Waals surface area contributed by atoms with E-state index in [0.29, 0.717) is 48.7 Å². The quantitative estimate of drug-likeness (QED) is 0.487. The van der Waals surface area contributed by atoms with Gasteiger partial charge in [-0.1, -0.05) is 13.8 Å². The smallest absolute Gasteiger partial charge is 0.256 e. The molecule has 0 bridgehead atoms. The number of nitrogens with zero attached hydrogens (tertiary/aromatic N) is 2. The second-order valence-electron chi connectivity index (χ2n) is 8.23. The average Bonchev–Trinajstić information content (AvgIpc) is 3.09. The number of morpholine rings is 1. The number of nitrogens with one attached hydrogen (secondary N) is 1. The summed E-state index contributed by atoms with van der Waals surface area (Å²) in [4.78, 5) is 15.5. The van der Waals surface area contributed by atoms with E-state index in [1.54, 1.807) is 25.1 Å². The molecule has 0 aliphatic carbocycles. The molecule has 0 unspecified atom stereocenters. The summed E-state index contributed by atoms with van der Waals surface area (Å²) in [6.07, 6.45) is 1.21. The monoisotopic (exact) mass is 422 g/mol. The lowest BCUT2D eigenvalue weighted by Gasteiger charge is -2.27. The molecular formula is C24H27FN4O2. The zero-order valence-electron chi connectivity index (χ0n) is 18.0. The first-order valence-corrected chi connectivity index (χ1v) is 10.4. The van der Waals surface area contributed by atoms with Crippen LogP contribution < -0.4 is 5.73 Å². The van der Waals surface area contributed by atoms with E-state index in [4.69, 9.17) is 15.9 Å². The minimum atomic E-state index is -0.277. The maximum absolute atomic E-state index is 14.0. The Hall–Kier alpha value is -3.19. The molecule has 31 heavy (non-hydrogen) atoms. The molecule has 3 N–H and O–H groups in total. The second-order valence-corrected chi connectivity index (χ2v) is 8.23. The van der Waals surface area contributed by atoms with Gasteiger partial charge in [-0.25, -0.2) is 4.39 Å². The lowest BCUT2D eigenvalue weighted by Crippen LogP contribution is -2.41. The molecule has 0 radical (unpaired) electrons. The fourth-order valence-corrected chi connectivity index (χ4v) is 4.25. The molecule has 3 aromatic rings. The van der Waals surface area contributed by atoms with Crippen LogP contribution in [0.1, 0.15) is 46.9 Å². The van der Waals surface area contributed by atoms with E-state index in [1.807, 2.05) is 29.4 Å². The number of rotatable bonds is 4. The van der Waals surface area contributed by atoms with E-state index in [-0.39, 0.29) is 17.6 Å². The highest BCUT2D eigenvalue weighted by atomic mass is 19.1. The number of anilines is 1. The van der Waals surface area contributed by atoms with Crippen molar-refractivity contribution in [3.8, 4) is 5.69 Å². The van der Waals surface area contributed by atoms with Gasteiger partial charge in [0.25, 0.3) is 5.91 Å². The highest BCUT2D eigenvalue weighted by molar-refractivity contribution is 6.11. The maximum Gasteiger partial charge on any atom is 0.256 e. The van der Waals surface area contributed by atoms with Gasteiger partial charge in [-0.05, 0) is 48.7 Å². The van der Waals surface area contributed by atoms with Gasteiger partial charge in [0.1, 0.15) is 5.82 Å². The van der Waals surface area contributed by atoms with Crippen LogP contribution in [-0.4, -0.2) is 47.9 Å². The third kappa shape index (κ3) is 3.59. The zero-order chi connectivity index (χ0) is 22.3. The van der Waals surface area contributed by atoms with Gasteiger partial charge in [-0.3, -0.25) is 4.79 Å². The van der Waals surface area contributed by atoms with Crippen molar-refractivity contribution in [3.63, 3.8) is 0 Å². The number of nitrogen functional groups attached to an aromatic ring is 1. The van der Waals surface area contributed by atoms with Crippen LogP contribution >= 0.6 is 0 Å². The van der Waals surface area contributed by atoms with Crippen LogP contribution in [0.5, 0.6) is 0 Å². The van der Waals surface area contributed by atoms with Crippen LogP contribution in [0.2, 0.25) is 0 Å². The van der Waals surface area contributed by atoms with Gasteiger partial charge in [0, 0.05) is 47.3 Å². The molecule has 1 amide bonds. The number of halogens is 1. The Kier molecular flexibility index (Phi) is 5.54. The van der Waals surface area contributed by atoms with Crippen LogP contribution in [0, 0.1) is 18.2 Å². The third-order valence-electron chi connectivity index (χ3n) is 5.82. The number of benzene rings is 2. The number of carbonyl (C=O) groups excluding carboxylic acids is 1. The molecule has 1 fully saturated rings. The Bertz CT molecular complexity index is 1180. The molecular weight excluding hydrogens is 395 g/mol. The van der Waals surface area contributed by atoms with Crippen molar-refractivity contribution >= 4 is 28.7 Å². The van der Waals surface area contributed by atoms with Gasteiger partial charge < -0.3 is 25.3 Å². The maximum atomic E-state index is 14.0. The van der Waals surface area contributed by atoms with E-state index in [2.05, 4.69) is 0 Å². The van der Waals surface area contributed by atoms with Crippen molar-refractivity contribution in [2.75, 3.05) is 32.0 Å². The normalized spacial score (nSPS) is 14.4. The average molecular weight is 423 g/mol. The zero-order valence-corrected chi connectivity index (χ0v) is 18.0. The minimum absolute atomic E-state index is 0.0161. The number of aryl methyl sites for hydroxylation is 1. The van der Waals surface area contributed by atoms with Gasteiger partial charge in [-0.2, -0.15) is 0 Å². The summed E-state index contributed by atoms with van der Waals surface area (Å²) in [5.74, 6) is -0.320. The highest BCUT2D eigenvalue weighted by Crippen LogP contribution is 2.37. The first-order chi connectivity index (χ1) is 14.8. The summed E-state index contributed by atoms with van der Waals surface area (Å²) >= 11 is 0. The number of nitrogens with two attached hydrogens (primary N) is 1. The minimum Gasteiger partial charge on any atom is -0.398 e.